The van der Waals surface area contributed by atoms with Gasteiger partial charge in [0.05, 0.1) is 10.7 Å². The molecule has 2 N–H and O–H groups in total. The molecule has 3 heteroatoms. The summed E-state index contributed by atoms with van der Waals surface area (Å²) in [5.74, 6) is 1.59. The topological polar surface area (TPSA) is 38.9 Å². The molecular formula is C18H32N2S. The van der Waals surface area contributed by atoms with Crippen molar-refractivity contribution in [2.24, 2.45) is 17.6 Å². The second-order valence-corrected chi connectivity index (χ2v) is 9.45. The molecule has 0 radical (unpaired) electrons. The van der Waals surface area contributed by atoms with Crippen LogP contribution in [0.4, 0.5) is 0 Å². The molecule has 0 aliphatic heterocycles. The predicted octanol–water partition coefficient (Wildman–Crippen LogP) is 4.92. The highest BCUT2D eigenvalue weighted by molar-refractivity contribution is 7.09. The summed E-state index contributed by atoms with van der Waals surface area (Å²) < 4.78 is 0. The van der Waals surface area contributed by atoms with Crippen molar-refractivity contribution in [1.29, 1.82) is 0 Å². The monoisotopic (exact) mass is 308 g/mol. The molecule has 1 aliphatic rings. The van der Waals surface area contributed by atoms with Crippen LogP contribution in [0, 0.1) is 11.8 Å². The van der Waals surface area contributed by atoms with Gasteiger partial charge in [0.25, 0.3) is 0 Å². The maximum absolute atomic E-state index is 6.74. The van der Waals surface area contributed by atoms with Crippen LogP contribution in [-0.4, -0.2) is 10.5 Å². The van der Waals surface area contributed by atoms with Gasteiger partial charge in [-0.1, -0.05) is 47.5 Å². The summed E-state index contributed by atoms with van der Waals surface area (Å²) in [7, 11) is 0. The lowest BCUT2D eigenvalue weighted by atomic mass is 9.72. The molecule has 1 heterocycles. The van der Waals surface area contributed by atoms with Crippen LogP contribution >= 0.6 is 11.3 Å². The highest BCUT2D eigenvalue weighted by atomic mass is 32.1. The van der Waals surface area contributed by atoms with E-state index in [2.05, 4.69) is 40.0 Å². The van der Waals surface area contributed by atoms with E-state index in [0.717, 1.165) is 24.7 Å². The Hall–Kier alpha value is -0.410. The fourth-order valence-electron chi connectivity index (χ4n) is 3.59. The van der Waals surface area contributed by atoms with Crippen molar-refractivity contribution in [3.8, 4) is 0 Å². The third-order valence-electron chi connectivity index (χ3n) is 4.61. The molecule has 21 heavy (non-hydrogen) atoms. The lowest BCUT2D eigenvalue weighted by molar-refractivity contribution is 0.200. The van der Waals surface area contributed by atoms with Crippen LogP contribution in [0.15, 0.2) is 5.38 Å². The van der Waals surface area contributed by atoms with Gasteiger partial charge in [0, 0.05) is 22.8 Å². The SMILES string of the molecule is CC(C)CC1CCCC(N)(Cc2nc(C(C)(C)C)cs2)C1. The smallest absolute Gasteiger partial charge is 0.0946 e. The molecule has 1 fully saturated rings. The summed E-state index contributed by atoms with van der Waals surface area (Å²) in [6.45, 7) is 11.3. The Morgan fingerprint density at radius 2 is 2.14 bits per heavy atom. The van der Waals surface area contributed by atoms with Gasteiger partial charge < -0.3 is 5.73 Å². The molecule has 0 bridgehead atoms. The van der Waals surface area contributed by atoms with Crippen molar-refractivity contribution in [1.82, 2.24) is 4.98 Å². The Balaban J connectivity index is 2.02. The Morgan fingerprint density at radius 1 is 1.43 bits per heavy atom. The van der Waals surface area contributed by atoms with E-state index < -0.39 is 0 Å². The molecule has 0 spiro atoms. The van der Waals surface area contributed by atoms with Crippen molar-refractivity contribution >= 4 is 11.3 Å². The first-order chi connectivity index (χ1) is 9.68. The van der Waals surface area contributed by atoms with Crippen LogP contribution in [0.2, 0.25) is 0 Å². The third kappa shape index (κ3) is 4.79. The molecule has 0 amide bonds. The predicted molar refractivity (Wildman–Crippen MR) is 92.8 cm³/mol. The van der Waals surface area contributed by atoms with Gasteiger partial charge in [-0.15, -0.1) is 11.3 Å². The van der Waals surface area contributed by atoms with Crippen LogP contribution in [0.25, 0.3) is 0 Å². The number of rotatable bonds is 4. The van der Waals surface area contributed by atoms with Crippen molar-refractivity contribution in [2.45, 2.75) is 84.1 Å². The minimum absolute atomic E-state index is 0.0230. The maximum atomic E-state index is 6.74. The van der Waals surface area contributed by atoms with Gasteiger partial charge in [0.15, 0.2) is 0 Å². The molecule has 2 atom stereocenters. The van der Waals surface area contributed by atoms with Gasteiger partial charge in [0.1, 0.15) is 0 Å². The van der Waals surface area contributed by atoms with Gasteiger partial charge in [-0.05, 0) is 31.1 Å². The van der Waals surface area contributed by atoms with Crippen molar-refractivity contribution in [2.75, 3.05) is 0 Å². The average molecular weight is 309 g/mol. The minimum Gasteiger partial charge on any atom is -0.325 e. The fraction of sp³-hybridized carbons (Fsp3) is 0.833. The zero-order valence-corrected chi connectivity index (χ0v) is 15.2. The van der Waals surface area contributed by atoms with Crippen LogP contribution in [-0.2, 0) is 11.8 Å². The molecule has 1 saturated carbocycles. The maximum Gasteiger partial charge on any atom is 0.0946 e. The number of thiazole rings is 1. The first kappa shape index (κ1) is 17.0. The Kier molecular flexibility index (Phi) is 5.15. The molecule has 1 aromatic heterocycles. The second kappa shape index (κ2) is 6.37. The van der Waals surface area contributed by atoms with Crippen LogP contribution in [0.3, 0.4) is 0 Å². The second-order valence-electron chi connectivity index (χ2n) is 8.51. The fourth-order valence-corrected chi connectivity index (χ4v) is 4.76. The van der Waals surface area contributed by atoms with Gasteiger partial charge in [-0.2, -0.15) is 0 Å². The van der Waals surface area contributed by atoms with Crippen molar-refractivity contribution in [3.05, 3.63) is 16.1 Å². The Labute approximate surface area is 134 Å². The lowest BCUT2D eigenvalue weighted by Gasteiger charge is -2.38. The molecule has 0 saturated heterocycles. The normalized spacial score (nSPS) is 27.3. The molecule has 1 aromatic rings. The summed E-state index contributed by atoms with van der Waals surface area (Å²) in [5, 5.41) is 3.44. The highest BCUT2D eigenvalue weighted by Crippen LogP contribution is 2.37. The van der Waals surface area contributed by atoms with Gasteiger partial charge in [-0.3, -0.25) is 0 Å². The van der Waals surface area contributed by atoms with Crippen molar-refractivity contribution in [3.63, 3.8) is 0 Å². The van der Waals surface area contributed by atoms with E-state index in [1.807, 2.05) is 0 Å². The largest absolute Gasteiger partial charge is 0.325 e. The number of hydrogen-bond donors (Lipinski definition) is 1. The molecule has 1 aliphatic carbocycles. The van der Waals surface area contributed by atoms with Gasteiger partial charge in [0.2, 0.25) is 0 Å². The first-order valence-electron chi connectivity index (χ1n) is 8.42. The van der Waals surface area contributed by atoms with E-state index >= 15 is 0 Å². The lowest BCUT2D eigenvalue weighted by Crippen LogP contribution is -2.46. The number of nitrogens with two attached hydrogens (primary N) is 1. The standard InChI is InChI=1S/C18H32N2S/c1-13(2)9-14-7-6-8-18(19,10-14)11-16-20-15(12-21-16)17(3,4)5/h12-14H,6-11,19H2,1-5H3. The van der Waals surface area contributed by atoms with Gasteiger partial charge in [-0.25, -0.2) is 4.98 Å². The van der Waals surface area contributed by atoms with Crippen LogP contribution < -0.4 is 5.73 Å². The molecule has 2 rings (SSSR count). The van der Waals surface area contributed by atoms with Gasteiger partial charge >= 0.3 is 0 Å². The number of aromatic nitrogens is 1. The number of nitrogens with zero attached hydrogens (tertiary/aromatic N) is 1. The van der Waals surface area contributed by atoms with Crippen LogP contribution in [0.1, 0.15) is 77.4 Å². The molecule has 120 valence electrons. The molecular weight excluding hydrogens is 276 g/mol. The van der Waals surface area contributed by atoms with E-state index in [4.69, 9.17) is 10.7 Å². The summed E-state index contributed by atoms with van der Waals surface area (Å²) in [4.78, 5) is 4.85. The van der Waals surface area contributed by atoms with E-state index in [-0.39, 0.29) is 11.0 Å². The summed E-state index contributed by atoms with van der Waals surface area (Å²) in [6.07, 6.45) is 7.27. The Bertz CT molecular complexity index is 458. The third-order valence-corrected chi connectivity index (χ3v) is 5.46. The van der Waals surface area contributed by atoms with E-state index in [1.54, 1.807) is 11.3 Å². The summed E-state index contributed by atoms with van der Waals surface area (Å²) in [6, 6.07) is 0. The quantitative estimate of drug-likeness (QED) is 0.857. The minimum atomic E-state index is -0.0230. The number of hydrogen-bond acceptors (Lipinski definition) is 3. The summed E-state index contributed by atoms with van der Waals surface area (Å²) in [5.41, 5.74) is 8.07. The molecule has 2 unspecified atom stereocenters. The first-order valence-corrected chi connectivity index (χ1v) is 9.30. The Morgan fingerprint density at radius 3 is 2.71 bits per heavy atom. The van der Waals surface area contributed by atoms with E-state index in [1.165, 1.54) is 36.4 Å². The van der Waals surface area contributed by atoms with E-state index in [0.29, 0.717) is 0 Å². The molecule has 2 nitrogen and oxygen atoms in total. The van der Waals surface area contributed by atoms with Crippen LogP contribution in [0.5, 0.6) is 0 Å². The van der Waals surface area contributed by atoms with Crippen molar-refractivity contribution < 1.29 is 0 Å². The zero-order valence-electron chi connectivity index (χ0n) is 14.4. The van der Waals surface area contributed by atoms with E-state index in [9.17, 15) is 0 Å². The molecule has 0 aromatic carbocycles. The highest BCUT2D eigenvalue weighted by Gasteiger charge is 2.34. The zero-order chi connectivity index (χ0) is 15.7. The average Bonchev–Trinajstić information content (AvgIpc) is 2.75. The summed E-state index contributed by atoms with van der Waals surface area (Å²) >= 11 is 1.79.